The van der Waals surface area contributed by atoms with E-state index in [9.17, 15) is 19.1 Å². The van der Waals surface area contributed by atoms with Crippen LogP contribution in [0, 0.1) is 9.39 Å². The number of amides is 2. The standard InChI is InChI=1S/C18H12FIN2O4S/c1-26-14-7-9(6-13(20)15(14)23)5-12-16(24)21-18(27)22(17(12)25)11-4-2-3-10(19)8-11/h2-8,23H,1H3,(H,21,24,27)/b12-5+. The van der Waals surface area contributed by atoms with Crippen LogP contribution < -0.4 is 15.0 Å². The van der Waals surface area contributed by atoms with E-state index in [0.717, 1.165) is 11.0 Å². The second-order valence-corrected chi connectivity index (χ2v) is 7.04. The van der Waals surface area contributed by atoms with Crippen molar-refractivity contribution in [2.45, 2.75) is 0 Å². The lowest BCUT2D eigenvalue weighted by molar-refractivity contribution is -0.122. The van der Waals surface area contributed by atoms with Crippen LogP contribution in [0.5, 0.6) is 11.5 Å². The first-order valence-electron chi connectivity index (χ1n) is 7.55. The third-order valence-corrected chi connectivity index (χ3v) is 4.86. The van der Waals surface area contributed by atoms with Crippen LogP contribution in [-0.4, -0.2) is 29.1 Å². The molecule has 6 nitrogen and oxygen atoms in total. The number of hydrogen-bond acceptors (Lipinski definition) is 5. The molecule has 0 saturated carbocycles. The van der Waals surface area contributed by atoms with Gasteiger partial charge >= 0.3 is 0 Å². The number of ether oxygens (including phenoxy) is 1. The largest absolute Gasteiger partial charge is 0.504 e. The van der Waals surface area contributed by atoms with Crippen LogP contribution in [-0.2, 0) is 9.59 Å². The van der Waals surface area contributed by atoms with Crippen molar-refractivity contribution in [3.05, 3.63) is 56.9 Å². The highest BCUT2D eigenvalue weighted by molar-refractivity contribution is 14.1. The Hall–Kier alpha value is -2.53. The molecular formula is C18H12FIN2O4S. The van der Waals surface area contributed by atoms with Crippen molar-refractivity contribution in [2.24, 2.45) is 0 Å². The van der Waals surface area contributed by atoms with Gasteiger partial charge in [0.2, 0.25) is 0 Å². The van der Waals surface area contributed by atoms with Gasteiger partial charge in [0, 0.05) is 0 Å². The summed E-state index contributed by atoms with van der Waals surface area (Å²) in [7, 11) is 1.39. The molecule has 0 unspecified atom stereocenters. The van der Waals surface area contributed by atoms with Gasteiger partial charge in [0.05, 0.1) is 16.4 Å². The van der Waals surface area contributed by atoms with Gasteiger partial charge in [-0.2, -0.15) is 0 Å². The average molecular weight is 498 g/mol. The number of benzene rings is 2. The number of phenols is 1. The van der Waals surface area contributed by atoms with E-state index < -0.39 is 17.6 Å². The van der Waals surface area contributed by atoms with Gasteiger partial charge in [0.1, 0.15) is 11.4 Å². The molecule has 0 aliphatic carbocycles. The fourth-order valence-electron chi connectivity index (χ4n) is 2.51. The number of carbonyl (C=O) groups excluding carboxylic acids is 2. The number of aromatic hydroxyl groups is 1. The van der Waals surface area contributed by atoms with Gasteiger partial charge in [-0.05, 0) is 76.8 Å². The first kappa shape index (κ1) is 19.2. The highest BCUT2D eigenvalue weighted by atomic mass is 127. The first-order valence-corrected chi connectivity index (χ1v) is 9.04. The van der Waals surface area contributed by atoms with Crippen molar-refractivity contribution >= 4 is 63.5 Å². The van der Waals surface area contributed by atoms with Crippen molar-refractivity contribution in [1.29, 1.82) is 0 Å². The minimum absolute atomic E-state index is 0.0396. The summed E-state index contributed by atoms with van der Waals surface area (Å²) in [6.07, 6.45) is 1.36. The monoisotopic (exact) mass is 498 g/mol. The molecule has 9 heteroatoms. The lowest BCUT2D eigenvalue weighted by Gasteiger charge is -2.28. The number of carbonyl (C=O) groups is 2. The predicted octanol–water partition coefficient (Wildman–Crippen LogP) is 2.98. The minimum atomic E-state index is -0.684. The van der Waals surface area contributed by atoms with Gasteiger partial charge in [0.25, 0.3) is 11.8 Å². The highest BCUT2D eigenvalue weighted by Gasteiger charge is 2.34. The van der Waals surface area contributed by atoms with Crippen molar-refractivity contribution < 1.29 is 23.8 Å². The molecule has 2 amide bonds. The van der Waals surface area contributed by atoms with Gasteiger partial charge in [-0.15, -0.1) is 0 Å². The molecule has 138 valence electrons. The van der Waals surface area contributed by atoms with Gasteiger partial charge in [-0.25, -0.2) is 4.39 Å². The summed E-state index contributed by atoms with van der Waals surface area (Å²) in [5.74, 6) is -1.73. The number of rotatable bonds is 3. The quantitative estimate of drug-likeness (QED) is 0.295. The van der Waals surface area contributed by atoms with E-state index in [0.29, 0.717) is 9.13 Å². The Bertz CT molecular complexity index is 1010. The number of anilines is 1. The zero-order chi connectivity index (χ0) is 19.7. The summed E-state index contributed by atoms with van der Waals surface area (Å²) < 4.78 is 19.1. The number of hydrogen-bond donors (Lipinski definition) is 2. The van der Waals surface area contributed by atoms with Crippen LogP contribution in [0.3, 0.4) is 0 Å². The number of nitrogens with one attached hydrogen (secondary N) is 1. The van der Waals surface area contributed by atoms with Crippen LogP contribution in [0.1, 0.15) is 5.56 Å². The minimum Gasteiger partial charge on any atom is -0.504 e. The smallest absolute Gasteiger partial charge is 0.270 e. The molecule has 0 bridgehead atoms. The topological polar surface area (TPSA) is 78.9 Å². The second-order valence-electron chi connectivity index (χ2n) is 5.49. The molecule has 3 rings (SSSR count). The molecule has 0 radical (unpaired) electrons. The fourth-order valence-corrected chi connectivity index (χ4v) is 3.41. The molecular weight excluding hydrogens is 486 g/mol. The summed E-state index contributed by atoms with van der Waals surface area (Å²) in [5.41, 5.74) is 0.490. The fraction of sp³-hybridized carbons (Fsp3) is 0.0556. The lowest BCUT2D eigenvalue weighted by atomic mass is 10.1. The molecule has 1 aliphatic heterocycles. The average Bonchev–Trinajstić information content (AvgIpc) is 2.61. The molecule has 0 aromatic heterocycles. The first-order chi connectivity index (χ1) is 12.8. The van der Waals surface area contributed by atoms with Crippen LogP contribution in [0.25, 0.3) is 6.08 Å². The van der Waals surface area contributed by atoms with Crippen molar-refractivity contribution in [3.8, 4) is 11.5 Å². The van der Waals surface area contributed by atoms with E-state index in [-0.39, 0.29) is 27.9 Å². The van der Waals surface area contributed by atoms with Gasteiger partial charge in [0.15, 0.2) is 16.6 Å². The number of thiocarbonyl (C=S) groups is 1. The van der Waals surface area contributed by atoms with Gasteiger partial charge in [-0.3, -0.25) is 19.8 Å². The van der Waals surface area contributed by atoms with Crippen LogP contribution in [0.2, 0.25) is 0 Å². The molecule has 2 aromatic rings. The Morgan fingerprint density at radius 3 is 2.70 bits per heavy atom. The zero-order valence-electron chi connectivity index (χ0n) is 13.8. The van der Waals surface area contributed by atoms with E-state index in [1.165, 1.54) is 37.5 Å². The van der Waals surface area contributed by atoms with E-state index in [2.05, 4.69) is 5.32 Å². The van der Waals surface area contributed by atoms with E-state index in [4.69, 9.17) is 17.0 Å². The number of nitrogens with zero attached hydrogens (tertiary/aromatic N) is 1. The van der Waals surface area contributed by atoms with Gasteiger partial charge < -0.3 is 9.84 Å². The summed E-state index contributed by atoms with van der Waals surface area (Å²) in [6, 6.07) is 8.41. The Morgan fingerprint density at radius 1 is 1.30 bits per heavy atom. The molecule has 27 heavy (non-hydrogen) atoms. The Morgan fingerprint density at radius 2 is 2.04 bits per heavy atom. The summed E-state index contributed by atoms with van der Waals surface area (Å²) >= 11 is 6.98. The third kappa shape index (κ3) is 3.78. The molecule has 1 heterocycles. The highest BCUT2D eigenvalue weighted by Crippen LogP contribution is 2.33. The Kier molecular flexibility index (Phi) is 5.42. The predicted molar refractivity (Wildman–Crippen MR) is 110 cm³/mol. The van der Waals surface area contributed by atoms with E-state index in [1.54, 1.807) is 6.07 Å². The van der Waals surface area contributed by atoms with Crippen LogP contribution in [0.4, 0.5) is 10.1 Å². The van der Waals surface area contributed by atoms with Crippen LogP contribution in [0.15, 0.2) is 42.0 Å². The number of halogens is 2. The molecule has 1 fully saturated rings. The number of methoxy groups -OCH3 is 1. The normalized spacial score (nSPS) is 15.9. The summed E-state index contributed by atoms with van der Waals surface area (Å²) in [6.45, 7) is 0. The molecule has 2 aromatic carbocycles. The van der Waals surface area contributed by atoms with Gasteiger partial charge in [-0.1, -0.05) is 6.07 Å². The molecule has 2 N–H and O–H groups in total. The molecule has 0 spiro atoms. The SMILES string of the molecule is COc1cc(/C=C2\C(=O)NC(=S)N(c3cccc(F)c3)C2=O)cc(I)c1O. The van der Waals surface area contributed by atoms with Crippen molar-refractivity contribution in [1.82, 2.24) is 5.32 Å². The van der Waals surface area contributed by atoms with Crippen LogP contribution >= 0.6 is 34.8 Å². The molecule has 1 aliphatic rings. The van der Waals surface area contributed by atoms with Crippen molar-refractivity contribution in [2.75, 3.05) is 12.0 Å². The molecule has 0 atom stereocenters. The Labute approximate surface area is 172 Å². The Balaban J connectivity index is 2.06. The second kappa shape index (κ2) is 7.61. The molecule has 1 saturated heterocycles. The maximum Gasteiger partial charge on any atom is 0.270 e. The maximum atomic E-state index is 13.5. The number of phenolic OH excluding ortho intramolecular Hbond substituents is 1. The van der Waals surface area contributed by atoms with Crippen molar-refractivity contribution in [3.63, 3.8) is 0 Å². The summed E-state index contributed by atoms with van der Waals surface area (Å²) in [5, 5.41) is 12.2. The van der Waals surface area contributed by atoms with E-state index >= 15 is 0 Å². The summed E-state index contributed by atoms with van der Waals surface area (Å²) in [4.78, 5) is 26.2. The lowest BCUT2D eigenvalue weighted by Crippen LogP contribution is -2.54. The third-order valence-electron chi connectivity index (χ3n) is 3.75. The maximum absolute atomic E-state index is 13.5. The zero-order valence-corrected chi connectivity index (χ0v) is 16.8. The van der Waals surface area contributed by atoms with E-state index in [1.807, 2.05) is 22.6 Å².